The molecule has 1 aromatic heterocycles. The van der Waals surface area contributed by atoms with E-state index in [1.807, 2.05) is 4.90 Å². The maximum absolute atomic E-state index is 11.2. The van der Waals surface area contributed by atoms with Gasteiger partial charge in [0.25, 0.3) is 0 Å². The van der Waals surface area contributed by atoms with Crippen LogP contribution in [-0.2, 0) is 11.3 Å². The first-order valence-electron chi connectivity index (χ1n) is 5.44. The Kier molecular flexibility index (Phi) is 3.78. The van der Waals surface area contributed by atoms with Crippen LogP contribution in [-0.4, -0.2) is 47.5 Å². The quantitative estimate of drug-likeness (QED) is 0.745. The number of nitrogens with zero attached hydrogens (tertiary/aromatic N) is 1. The Balaban J connectivity index is 2.08. The maximum Gasteiger partial charge on any atom is 0.226 e. The molecule has 94 valence electrons. The first-order chi connectivity index (χ1) is 8.20. The highest BCUT2D eigenvalue weighted by molar-refractivity contribution is 5.15. The number of aliphatic hydroxyl groups is 1. The topological polar surface area (TPSA) is 83.1 Å². The number of hydrogen-bond acceptors (Lipinski definition) is 6. The van der Waals surface area contributed by atoms with Gasteiger partial charge < -0.3 is 19.4 Å². The van der Waals surface area contributed by atoms with Gasteiger partial charge in [0.15, 0.2) is 5.75 Å². The molecule has 2 N–H and O–H groups in total. The molecule has 1 aromatic rings. The summed E-state index contributed by atoms with van der Waals surface area (Å²) in [6, 6.07) is 1.18. The van der Waals surface area contributed by atoms with E-state index in [0.29, 0.717) is 32.1 Å². The van der Waals surface area contributed by atoms with Gasteiger partial charge >= 0.3 is 0 Å². The van der Waals surface area contributed by atoms with Crippen LogP contribution in [0.25, 0.3) is 0 Å². The van der Waals surface area contributed by atoms with Crippen LogP contribution in [0.3, 0.4) is 0 Å². The number of morpholine rings is 1. The number of ether oxygens (including phenoxy) is 1. The lowest BCUT2D eigenvalue weighted by atomic mass is 10.2. The van der Waals surface area contributed by atoms with E-state index < -0.39 is 11.2 Å². The van der Waals surface area contributed by atoms with Crippen molar-refractivity contribution in [3.63, 3.8) is 0 Å². The Morgan fingerprint density at radius 3 is 3.06 bits per heavy atom. The highest BCUT2D eigenvalue weighted by atomic mass is 16.5. The lowest BCUT2D eigenvalue weighted by molar-refractivity contribution is -0.0338. The minimum Gasteiger partial charge on any atom is -0.502 e. The predicted molar refractivity (Wildman–Crippen MR) is 58.7 cm³/mol. The molecule has 2 heterocycles. The van der Waals surface area contributed by atoms with E-state index in [2.05, 4.69) is 0 Å². The van der Waals surface area contributed by atoms with Crippen molar-refractivity contribution >= 4 is 0 Å². The number of aliphatic hydroxyl groups excluding tert-OH is 1. The van der Waals surface area contributed by atoms with Crippen molar-refractivity contribution in [2.24, 2.45) is 0 Å². The number of aromatic hydroxyl groups is 1. The normalized spacial score (nSPS) is 21.6. The van der Waals surface area contributed by atoms with Crippen LogP contribution in [0.5, 0.6) is 5.75 Å². The van der Waals surface area contributed by atoms with Gasteiger partial charge in [0, 0.05) is 12.6 Å². The van der Waals surface area contributed by atoms with Gasteiger partial charge in [-0.3, -0.25) is 9.69 Å². The van der Waals surface area contributed by atoms with E-state index in [0.717, 1.165) is 6.26 Å². The van der Waals surface area contributed by atoms with Gasteiger partial charge in [0.1, 0.15) is 12.0 Å². The fourth-order valence-corrected chi connectivity index (χ4v) is 1.79. The van der Waals surface area contributed by atoms with Crippen LogP contribution in [0.2, 0.25) is 0 Å². The van der Waals surface area contributed by atoms with E-state index >= 15 is 0 Å². The summed E-state index contributed by atoms with van der Waals surface area (Å²) in [4.78, 5) is 13.2. The average Bonchev–Trinajstić information content (AvgIpc) is 2.34. The van der Waals surface area contributed by atoms with Gasteiger partial charge in [-0.25, -0.2) is 0 Å². The summed E-state index contributed by atoms with van der Waals surface area (Å²) in [6.07, 6.45) is 1.03. The molecule has 1 saturated heterocycles. The van der Waals surface area contributed by atoms with Crippen LogP contribution in [0, 0.1) is 0 Å². The fourth-order valence-electron chi connectivity index (χ4n) is 1.79. The van der Waals surface area contributed by atoms with Crippen LogP contribution in [0.4, 0.5) is 0 Å². The van der Waals surface area contributed by atoms with E-state index in [1.54, 1.807) is 0 Å². The van der Waals surface area contributed by atoms with Crippen LogP contribution < -0.4 is 5.43 Å². The lowest BCUT2D eigenvalue weighted by Gasteiger charge is -2.33. The van der Waals surface area contributed by atoms with Crippen LogP contribution >= 0.6 is 0 Å². The second-order valence-corrected chi connectivity index (χ2v) is 3.98. The molecule has 17 heavy (non-hydrogen) atoms. The second kappa shape index (κ2) is 5.31. The van der Waals surface area contributed by atoms with E-state index in [4.69, 9.17) is 14.3 Å². The Bertz CT molecular complexity index is 430. The Hall–Kier alpha value is -1.37. The molecular formula is C11H15NO5. The van der Waals surface area contributed by atoms with E-state index in [-0.39, 0.29) is 12.6 Å². The summed E-state index contributed by atoms with van der Waals surface area (Å²) in [5, 5.41) is 18.3. The van der Waals surface area contributed by atoms with E-state index in [1.165, 1.54) is 6.07 Å². The molecule has 0 bridgehead atoms. The minimum absolute atomic E-state index is 0.00230. The van der Waals surface area contributed by atoms with Gasteiger partial charge in [0.05, 0.1) is 32.4 Å². The first kappa shape index (κ1) is 12.1. The maximum atomic E-state index is 11.2. The molecule has 1 aliphatic rings. The molecule has 0 saturated carbocycles. The average molecular weight is 241 g/mol. The third-order valence-corrected chi connectivity index (χ3v) is 2.79. The summed E-state index contributed by atoms with van der Waals surface area (Å²) < 4.78 is 10.4. The second-order valence-electron chi connectivity index (χ2n) is 3.98. The van der Waals surface area contributed by atoms with Crippen molar-refractivity contribution in [3.05, 3.63) is 28.3 Å². The molecule has 1 atom stereocenters. The fraction of sp³-hybridized carbons (Fsp3) is 0.545. The number of rotatable bonds is 3. The molecule has 1 aliphatic heterocycles. The summed E-state index contributed by atoms with van der Waals surface area (Å²) in [5.41, 5.74) is -0.458. The van der Waals surface area contributed by atoms with Gasteiger partial charge in [-0.15, -0.1) is 0 Å². The van der Waals surface area contributed by atoms with E-state index in [9.17, 15) is 9.90 Å². The molecule has 0 amide bonds. The van der Waals surface area contributed by atoms with Crippen molar-refractivity contribution in [2.45, 2.75) is 12.6 Å². The molecule has 6 heteroatoms. The highest BCUT2D eigenvalue weighted by Gasteiger charge is 2.23. The summed E-state index contributed by atoms with van der Waals surface area (Å²) >= 11 is 0. The SMILES string of the molecule is O=c1cc(CN2CCOCC2CO)occ1O. The molecule has 6 nitrogen and oxygen atoms in total. The molecule has 2 rings (SSSR count). The standard InChI is InChI=1S/C11H15NO5/c13-5-8-6-16-2-1-12(8)4-9-3-10(14)11(15)7-17-9/h3,7-8,13,15H,1-2,4-6H2. The predicted octanol–water partition coefficient (Wildman–Crippen LogP) is -0.462. The monoisotopic (exact) mass is 241 g/mol. The first-order valence-corrected chi connectivity index (χ1v) is 5.44. The molecule has 1 fully saturated rings. The largest absolute Gasteiger partial charge is 0.502 e. The zero-order valence-corrected chi connectivity index (χ0v) is 9.33. The lowest BCUT2D eigenvalue weighted by Crippen LogP contribution is -2.46. The molecule has 0 aliphatic carbocycles. The van der Waals surface area contributed by atoms with Crippen molar-refractivity contribution < 1.29 is 19.4 Å². The molecular weight excluding hydrogens is 226 g/mol. The minimum atomic E-state index is -0.458. The van der Waals surface area contributed by atoms with Gasteiger partial charge in [-0.2, -0.15) is 0 Å². The third kappa shape index (κ3) is 2.85. The number of hydrogen-bond donors (Lipinski definition) is 2. The van der Waals surface area contributed by atoms with Crippen molar-refractivity contribution in [1.29, 1.82) is 0 Å². The Morgan fingerprint density at radius 2 is 2.35 bits per heavy atom. The van der Waals surface area contributed by atoms with Crippen molar-refractivity contribution in [2.75, 3.05) is 26.4 Å². The van der Waals surface area contributed by atoms with Gasteiger partial charge in [-0.05, 0) is 0 Å². The highest BCUT2D eigenvalue weighted by Crippen LogP contribution is 2.12. The van der Waals surface area contributed by atoms with Gasteiger partial charge in [-0.1, -0.05) is 0 Å². The van der Waals surface area contributed by atoms with Crippen LogP contribution in [0.15, 0.2) is 21.5 Å². The van der Waals surface area contributed by atoms with Crippen molar-refractivity contribution in [1.82, 2.24) is 4.90 Å². The Labute approximate surface area is 98.0 Å². The molecule has 0 spiro atoms. The summed E-state index contributed by atoms with van der Waals surface area (Å²) in [5.74, 6) is 0.0718. The summed E-state index contributed by atoms with van der Waals surface area (Å²) in [6.45, 7) is 2.17. The molecule has 1 unspecified atom stereocenters. The smallest absolute Gasteiger partial charge is 0.226 e. The Morgan fingerprint density at radius 1 is 1.53 bits per heavy atom. The zero-order chi connectivity index (χ0) is 12.3. The van der Waals surface area contributed by atoms with Crippen LogP contribution in [0.1, 0.15) is 5.76 Å². The van der Waals surface area contributed by atoms with Crippen molar-refractivity contribution in [3.8, 4) is 5.75 Å². The third-order valence-electron chi connectivity index (χ3n) is 2.79. The molecule has 0 radical (unpaired) electrons. The van der Waals surface area contributed by atoms with Gasteiger partial charge in [0.2, 0.25) is 5.43 Å². The zero-order valence-electron chi connectivity index (χ0n) is 9.33. The summed E-state index contributed by atoms with van der Waals surface area (Å²) in [7, 11) is 0. The molecule has 0 aromatic carbocycles.